The number of nitrogens with one attached hydrogen (secondary N) is 1. The van der Waals surface area contributed by atoms with Crippen molar-refractivity contribution in [1.82, 2.24) is 0 Å². The van der Waals surface area contributed by atoms with Gasteiger partial charge >= 0.3 is 0 Å². The lowest BCUT2D eigenvalue weighted by Gasteiger charge is -2.19. The van der Waals surface area contributed by atoms with Gasteiger partial charge in [0.1, 0.15) is 0 Å². The van der Waals surface area contributed by atoms with Gasteiger partial charge in [-0.05, 0) is 23.6 Å². The van der Waals surface area contributed by atoms with Crippen LogP contribution in [0.4, 0.5) is 5.69 Å². The van der Waals surface area contributed by atoms with Gasteiger partial charge in [-0.3, -0.25) is 0 Å². The Labute approximate surface area is 85.6 Å². The molecule has 1 rings (SSSR count). The first-order chi connectivity index (χ1) is 6.51. The molecule has 1 aromatic carbocycles. The van der Waals surface area contributed by atoms with Crippen LogP contribution < -0.4 is 5.32 Å². The third kappa shape index (κ3) is 3.49. The summed E-state index contributed by atoms with van der Waals surface area (Å²) in [7, 11) is 0. The first-order valence-electron chi connectivity index (χ1n) is 4.75. The van der Waals surface area contributed by atoms with Crippen LogP contribution in [-0.2, 0) is 0 Å². The monoisotopic (exact) mass is 188 g/mol. The highest BCUT2D eigenvalue weighted by molar-refractivity contribution is 5.49. The predicted octanol–water partition coefficient (Wildman–Crippen LogP) is 3.02. The fourth-order valence-electron chi connectivity index (χ4n) is 1.07. The molecule has 14 heavy (non-hydrogen) atoms. The minimum atomic E-state index is 0.253. The number of hydrogen-bond donors (Lipinski definition) is 1. The lowest BCUT2D eigenvalue weighted by Crippen LogP contribution is -2.18. The van der Waals surface area contributed by atoms with E-state index in [1.807, 2.05) is 24.3 Å². The van der Waals surface area contributed by atoms with E-state index in [-0.39, 0.29) is 5.41 Å². The van der Waals surface area contributed by atoms with Crippen LogP contribution in [0.2, 0.25) is 0 Å². The van der Waals surface area contributed by atoms with Crippen LogP contribution in [0.5, 0.6) is 0 Å². The highest BCUT2D eigenvalue weighted by Crippen LogP contribution is 2.16. The number of rotatable bonds is 2. The molecular weight excluding hydrogens is 172 g/mol. The van der Waals surface area contributed by atoms with Gasteiger partial charge < -0.3 is 5.32 Å². The first kappa shape index (κ1) is 10.6. The molecule has 1 aromatic rings. The zero-order valence-electron chi connectivity index (χ0n) is 8.96. The molecule has 1 N–H and O–H groups in total. The normalized spacial score (nSPS) is 10.7. The van der Waals surface area contributed by atoms with E-state index >= 15 is 0 Å². The van der Waals surface area contributed by atoms with E-state index in [9.17, 15) is 0 Å². The molecule has 0 aromatic heterocycles. The van der Waals surface area contributed by atoms with Crippen molar-refractivity contribution in [2.24, 2.45) is 5.41 Å². The molecule has 74 valence electrons. The van der Waals surface area contributed by atoms with Gasteiger partial charge in [-0.1, -0.05) is 26.8 Å². The fourth-order valence-corrected chi connectivity index (χ4v) is 1.07. The van der Waals surface area contributed by atoms with Gasteiger partial charge in [-0.15, -0.1) is 0 Å². The van der Waals surface area contributed by atoms with E-state index in [4.69, 9.17) is 5.26 Å². The number of hydrogen-bond acceptors (Lipinski definition) is 2. The molecule has 0 atom stereocenters. The number of nitrogens with zero attached hydrogens (tertiary/aromatic N) is 1. The Kier molecular flexibility index (Phi) is 3.14. The molecule has 0 radical (unpaired) electrons. The molecule has 0 heterocycles. The average Bonchev–Trinajstić information content (AvgIpc) is 2.14. The molecule has 0 fully saturated rings. The second-order valence-corrected chi connectivity index (χ2v) is 4.61. The summed E-state index contributed by atoms with van der Waals surface area (Å²) in [4.78, 5) is 0. The Morgan fingerprint density at radius 1 is 1.36 bits per heavy atom. The molecule has 0 aliphatic rings. The average molecular weight is 188 g/mol. The van der Waals surface area contributed by atoms with Gasteiger partial charge in [-0.25, -0.2) is 0 Å². The molecule has 0 aliphatic carbocycles. The standard InChI is InChI=1S/C12H16N2/c1-12(2,3)9-14-11-6-4-5-10(7-11)8-13/h4-7,14H,9H2,1-3H3. The van der Waals surface area contributed by atoms with Gasteiger partial charge in [-0.2, -0.15) is 5.26 Å². The van der Waals surface area contributed by atoms with Crippen LogP contribution in [0.1, 0.15) is 26.3 Å². The number of benzene rings is 1. The topological polar surface area (TPSA) is 35.8 Å². The zero-order valence-corrected chi connectivity index (χ0v) is 8.96. The van der Waals surface area contributed by atoms with Crippen molar-refractivity contribution in [3.63, 3.8) is 0 Å². The highest BCUT2D eigenvalue weighted by atomic mass is 14.9. The van der Waals surface area contributed by atoms with Crippen molar-refractivity contribution in [2.45, 2.75) is 20.8 Å². The lowest BCUT2D eigenvalue weighted by molar-refractivity contribution is 0.443. The Morgan fingerprint density at radius 2 is 2.07 bits per heavy atom. The van der Waals surface area contributed by atoms with Crippen LogP contribution in [0.25, 0.3) is 0 Å². The van der Waals surface area contributed by atoms with E-state index in [0.29, 0.717) is 5.56 Å². The van der Waals surface area contributed by atoms with Crippen molar-refractivity contribution in [1.29, 1.82) is 5.26 Å². The van der Waals surface area contributed by atoms with E-state index in [1.54, 1.807) is 0 Å². The van der Waals surface area contributed by atoms with Gasteiger partial charge in [0.05, 0.1) is 11.6 Å². The summed E-state index contributed by atoms with van der Waals surface area (Å²) in [5.74, 6) is 0. The van der Waals surface area contributed by atoms with Crippen LogP contribution in [0.3, 0.4) is 0 Å². The SMILES string of the molecule is CC(C)(C)CNc1cccc(C#N)c1. The van der Waals surface area contributed by atoms with Gasteiger partial charge in [0.15, 0.2) is 0 Å². The van der Waals surface area contributed by atoms with Crippen molar-refractivity contribution >= 4 is 5.69 Å². The molecule has 2 heteroatoms. The van der Waals surface area contributed by atoms with Crippen LogP contribution in [0, 0.1) is 16.7 Å². The quantitative estimate of drug-likeness (QED) is 0.774. The maximum atomic E-state index is 8.71. The highest BCUT2D eigenvalue weighted by Gasteiger charge is 2.09. The first-order valence-corrected chi connectivity index (χ1v) is 4.75. The largest absolute Gasteiger partial charge is 0.384 e. The van der Waals surface area contributed by atoms with E-state index in [2.05, 4.69) is 32.2 Å². The lowest BCUT2D eigenvalue weighted by atomic mass is 9.97. The Morgan fingerprint density at radius 3 is 2.64 bits per heavy atom. The summed E-state index contributed by atoms with van der Waals surface area (Å²) < 4.78 is 0. The molecule has 2 nitrogen and oxygen atoms in total. The van der Waals surface area contributed by atoms with Crippen LogP contribution >= 0.6 is 0 Å². The Bertz CT molecular complexity index is 342. The summed E-state index contributed by atoms with van der Waals surface area (Å²) >= 11 is 0. The minimum Gasteiger partial charge on any atom is -0.384 e. The third-order valence-corrected chi connectivity index (χ3v) is 1.81. The summed E-state index contributed by atoms with van der Waals surface area (Å²) in [6.45, 7) is 7.43. The summed E-state index contributed by atoms with van der Waals surface area (Å²) in [5.41, 5.74) is 1.96. The predicted molar refractivity (Wildman–Crippen MR) is 59.1 cm³/mol. The second kappa shape index (κ2) is 4.15. The van der Waals surface area contributed by atoms with Gasteiger partial charge in [0.25, 0.3) is 0 Å². The maximum Gasteiger partial charge on any atom is 0.0992 e. The third-order valence-electron chi connectivity index (χ3n) is 1.81. The van der Waals surface area contributed by atoms with E-state index < -0.39 is 0 Å². The van der Waals surface area contributed by atoms with Crippen LogP contribution in [0.15, 0.2) is 24.3 Å². The zero-order chi connectivity index (χ0) is 10.6. The second-order valence-electron chi connectivity index (χ2n) is 4.61. The Balaban J connectivity index is 2.65. The molecule has 0 unspecified atom stereocenters. The molecule has 0 bridgehead atoms. The van der Waals surface area contributed by atoms with Gasteiger partial charge in [0.2, 0.25) is 0 Å². The Hall–Kier alpha value is -1.49. The summed E-state index contributed by atoms with van der Waals surface area (Å²) in [6, 6.07) is 9.67. The van der Waals surface area contributed by atoms with Crippen molar-refractivity contribution < 1.29 is 0 Å². The smallest absolute Gasteiger partial charge is 0.0992 e. The summed E-state index contributed by atoms with van der Waals surface area (Å²) in [5, 5.41) is 12.0. The molecule has 0 amide bonds. The van der Waals surface area contributed by atoms with Crippen molar-refractivity contribution in [3.05, 3.63) is 29.8 Å². The molecular formula is C12H16N2. The fraction of sp³-hybridized carbons (Fsp3) is 0.417. The minimum absolute atomic E-state index is 0.253. The van der Waals surface area contributed by atoms with Crippen LogP contribution in [-0.4, -0.2) is 6.54 Å². The molecule has 0 aliphatic heterocycles. The molecule has 0 spiro atoms. The number of nitriles is 1. The maximum absolute atomic E-state index is 8.71. The molecule has 0 saturated heterocycles. The van der Waals surface area contributed by atoms with E-state index in [1.165, 1.54) is 0 Å². The van der Waals surface area contributed by atoms with E-state index in [0.717, 1.165) is 12.2 Å². The number of anilines is 1. The van der Waals surface area contributed by atoms with Crippen molar-refractivity contribution in [2.75, 3.05) is 11.9 Å². The van der Waals surface area contributed by atoms with Crippen molar-refractivity contribution in [3.8, 4) is 6.07 Å². The van der Waals surface area contributed by atoms with Gasteiger partial charge in [0, 0.05) is 12.2 Å². The summed E-state index contributed by atoms with van der Waals surface area (Å²) in [6.07, 6.45) is 0. The molecule has 0 saturated carbocycles.